The predicted molar refractivity (Wildman–Crippen MR) is 101 cm³/mol. The zero-order valence-corrected chi connectivity index (χ0v) is 14.7. The van der Waals surface area contributed by atoms with Gasteiger partial charge in [-0.3, -0.25) is 9.59 Å². The largest absolute Gasteiger partial charge is 0.508 e. The van der Waals surface area contributed by atoms with E-state index in [9.17, 15) is 14.7 Å². The first-order valence-corrected chi connectivity index (χ1v) is 8.81. The van der Waals surface area contributed by atoms with Crippen molar-refractivity contribution in [1.29, 1.82) is 0 Å². The van der Waals surface area contributed by atoms with E-state index in [0.717, 1.165) is 0 Å². The number of carbonyl (C=O) groups excluding carboxylic acids is 1. The van der Waals surface area contributed by atoms with Crippen LogP contribution in [-0.2, 0) is 6.54 Å². The van der Waals surface area contributed by atoms with Crippen LogP contribution in [0.1, 0.15) is 33.5 Å². The lowest BCUT2D eigenvalue weighted by atomic mass is 10.0. The Kier molecular flexibility index (Phi) is 3.58. The molecule has 0 spiro atoms. The van der Waals surface area contributed by atoms with Gasteiger partial charge in [0.05, 0.1) is 18.2 Å². The van der Waals surface area contributed by atoms with E-state index in [0.29, 0.717) is 22.3 Å². The molecule has 1 aliphatic heterocycles. The molecular formula is C22H15NO5. The van der Waals surface area contributed by atoms with Crippen molar-refractivity contribution in [3.8, 4) is 5.75 Å². The maximum absolute atomic E-state index is 13.2. The number of hydrogen-bond acceptors (Lipinski definition) is 5. The van der Waals surface area contributed by atoms with E-state index in [1.54, 1.807) is 60.7 Å². The lowest BCUT2D eigenvalue weighted by Gasteiger charge is -2.24. The highest BCUT2D eigenvalue weighted by Crippen LogP contribution is 2.40. The number of benzene rings is 2. The van der Waals surface area contributed by atoms with Crippen LogP contribution in [0.15, 0.2) is 80.6 Å². The van der Waals surface area contributed by atoms with E-state index < -0.39 is 11.9 Å². The molecule has 6 nitrogen and oxygen atoms in total. The molecule has 3 heterocycles. The Balaban J connectivity index is 1.76. The van der Waals surface area contributed by atoms with Gasteiger partial charge >= 0.3 is 0 Å². The van der Waals surface area contributed by atoms with Gasteiger partial charge in [-0.1, -0.05) is 24.3 Å². The van der Waals surface area contributed by atoms with Gasteiger partial charge in [-0.2, -0.15) is 0 Å². The summed E-state index contributed by atoms with van der Waals surface area (Å²) < 4.78 is 11.4. The standard InChI is InChI=1S/C22H15NO5/c24-14-6-3-5-13(11-14)19-21-18(20(25)16-8-1-2-9-17(16)28-21)22(26)23(19)12-15-7-4-10-27-15/h1-11,19,24H,12H2. The van der Waals surface area contributed by atoms with E-state index in [1.165, 1.54) is 11.2 Å². The monoisotopic (exact) mass is 373 g/mol. The van der Waals surface area contributed by atoms with E-state index in [-0.39, 0.29) is 29.0 Å². The van der Waals surface area contributed by atoms with Crippen molar-refractivity contribution < 1.29 is 18.7 Å². The fraction of sp³-hybridized carbons (Fsp3) is 0.0909. The zero-order valence-electron chi connectivity index (χ0n) is 14.7. The maximum Gasteiger partial charge on any atom is 0.262 e. The second kappa shape index (κ2) is 6.13. The van der Waals surface area contributed by atoms with E-state index in [1.807, 2.05) is 0 Å². The molecule has 2 aromatic carbocycles. The van der Waals surface area contributed by atoms with Gasteiger partial charge in [-0.25, -0.2) is 0 Å². The van der Waals surface area contributed by atoms with Crippen molar-refractivity contribution in [2.45, 2.75) is 12.6 Å². The number of nitrogens with zero attached hydrogens (tertiary/aromatic N) is 1. The van der Waals surface area contributed by atoms with Gasteiger partial charge in [-0.05, 0) is 42.0 Å². The molecule has 0 radical (unpaired) electrons. The number of furan rings is 1. The SMILES string of the molecule is O=C1c2c(oc3ccccc3c2=O)C(c2cccc(O)c2)N1Cc1ccco1. The smallest absolute Gasteiger partial charge is 0.262 e. The van der Waals surface area contributed by atoms with Crippen LogP contribution in [0, 0.1) is 0 Å². The van der Waals surface area contributed by atoms with Crippen LogP contribution in [0.2, 0.25) is 0 Å². The predicted octanol–water partition coefficient (Wildman–Crippen LogP) is 3.84. The summed E-state index contributed by atoms with van der Waals surface area (Å²) in [6.07, 6.45) is 1.53. The molecule has 0 fully saturated rings. The molecular weight excluding hydrogens is 358 g/mol. The molecule has 4 aromatic rings. The molecule has 1 unspecified atom stereocenters. The van der Waals surface area contributed by atoms with Crippen molar-refractivity contribution in [1.82, 2.24) is 4.90 Å². The Bertz CT molecular complexity index is 1260. The second-order valence-electron chi connectivity index (χ2n) is 6.68. The number of phenolic OH excluding ortho intramolecular Hbond substituents is 1. The molecule has 1 N–H and O–H groups in total. The quantitative estimate of drug-likeness (QED) is 0.590. The van der Waals surface area contributed by atoms with Crippen LogP contribution in [0.25, 0.3) is 11.0 Å². The number of phenols is 1. The minimum absolute atomic E-state index is 0.0265. The Morgan fingerprint density at radius 2 is 1.86 bits per heavy atom. The van der Waals surface area contributed by atoms with E-state index in [4.69, 9.17) is 8.83 Å². The topological polar surface area (TPSA) is 83.9 Å². The van der Waals surface area contributed by atoms with Crippen LogP contribution < -0.4 is 5.43 Å². The molecule has 2 aromatic heterocycles. The third kappa shape index (κ3) is 2.42. The Labute approximate surface area is 159 Å². The first-order chi connectivity index (χ1) is 13.6. The Morgan fingerprint density at radius 1 is 1.00 bits per heavy atom. The lowest BCUT2D eigenvalue weighted by Crippen LogP contribution is -2.29. The molecule has 1 atom stereocenters. The third-order valence-electron chi connectivity index (χ3n) is 4.95. The number of fused-ring (bicyclic) bond motifs is 2. The van der Waals surface area contributed by atoms with Crippen molar-refractivity contribution >= 4 is 16.9 Å². The number of amides is 1. The Hall–Kier alpha value is -3.80. The summed E-state index contributed by atoms with van der Waals surface area (Å²) in [5, 5.41) is 10.3. The van der Waals surface area contributed by atoms with Gasteiger partial charge in [-0.15, -0.1) is 0 Å². The number of aromatic hydroxyl groups is 1. The number of carbonyl (C=O) groups is 1. The second-order valence-corrected chi connectivity index (χ2v) is 6.68. The molecule has 1 amide bonds. The fourth-order valence-electron chi connectivity index (χ4n) is 3.72. The molecule has 5 rings (SSSR count). The van der Waals surface area contributed by atoms with E-state index in [2.05, 4.69) is 0 Å². The van der Waals surface area contributed by atoms with Gasteiger partial charge in [0.1, 0.15) is 34.5 Å². The molecule has 0 saturated heterocycles. The molecule has 0 aliphatic carbocycles. The summed E-state index contributed by atoms with van der Waals surface area (Å²) in [5.41, 5.74) is 0.744. The highest BCUT2D eigenvalue weighted by Gasteiger charge is 2.43. The van der Waals surface area contributed by atoms with Gasteiger partial charge in [0.2, 0.25) is 5.43 Å². The first-order valence-electron chi connectivity index (χ1n) is 8.81. The highest BCUT2D eigenvalue weighted by molar-refractivity contribution is 6.01. The summed E-state index contributed by atoms with van der Waals surface area (Å²) >= 11 is 0. The van der Waals surface area contributed by atoms with Crippen molar-refractivity contribution in [3.05, 3.63) is 99.8 Å². The normalized spacial score (nSPS) is 15.9. The van der Waals surface area contributed by atoms with Gasteiger partial charge in [0, 0.05) is 0 Å². The first kappa shape index (κ1) is 16.4. The third-order valence-corrected chi connectivity index (χ3v) is 4.95. The van der Waals surface area contributed by atoms with Crippen molar-refractivity contribution in [2.75, 3.05) is 0 Å². The summed E-state index contributed by atoms with van der Waals surface area (Å²) in [6.45, 7) is 0.173. The van der Waals surface area contributed by atoms with Gasteiger partial charge in [0.15, 0.2) is 0 Å². The number of hydrogen-bond donors (Lipinski definition) is 1. The minimum atomic E-state index is -0.642. The van der Waals surface area contributed by atoms with Crippen molar-refractivity contribution in [2.24, 2.45) is 0 Å². The molecule has 0 bridgehead atoms. The van der Waals surface area contributed by atoms with Crippen LogP contribution >= 0.6 is 0 Å². The van der Waals surface area contributed by atoms with Gasteiger partial charge in [0.25, 0.3) is 5.91 Å². The summed E-state index contributed by atoms with van der Waals surface area (Å²) in [7, 11) is 0. The molecule has 0 saturated carbocycles. The van der Waals surface area contributed by atoms with Gasteiger partial charge < -0.3 is 18.8 Å². The zero-order chi connectivity index (χ0) is 19.3. The average molecular weight is 373 g/mol. The summed E-state index contributed by atoms with van der Waals surface area (Å²) in [6, 6.07) is 16.3. The Morgan fingerprint density at radius 3 is 2.64 bits per heavy atom. The van der Waals surface area contributed by atoms with Crippen LogP contribution in [0.3, 0.4) is 0 Å². The van der Waals surface area contributed by atoms with Crippen molar-refractivity contribution in [3.63, 3.8) is 0 Å². The number of para-hydroxylation sites is 1. The molecule has 138 valence electrons. The minimum Gasteiger partial charge on any atom is -0.508 e. The van der Waals surface area contributed by atoms with Crippen LogP contribution in [0.5, 0.6) is 5.75 Å². The molecule has 1 aliphatic rings. The summed E-state index contributed by atoms with van der Waals surface area (Å²) in [5.74, 6) is 0.521. The molecule has 28 heavy (non-hydrogen) atoms. The lowest BCUT2D eigenvalue weighted by molar-refractivity contribution is 0.0716. The van der Waals surface area contributed by atoms with Crippen LogP contribution in [0.4, 0.5) is 0 Å². The van der Waals surface area contributed by atoms with E-state index >= 15 is 0 Å². The average Bonchev–Trinajstić information content (AvgIpc) is 3.29. The maximum atomic E-state index is 13.2. The van der Waals surface area contributed by atoms with Crippen LogP contribution in [-0.4, -0.2) is 15.9 Å². The summed E-state index contributed by atoms with van der Waals surface area (Å²) in [4.78, 5) is 27.8. The molecule has 6 heteroatoms. The highest BCUT2D eigenvalue weighted by atomic mass is 16.3. The fourth-order valence-corrected chi connectivity index (χ4v) is 3.72. The number of rotatable bonds is 3.